The second kappa shape index (κ2) is 54.9. The van der Waals surface area contributed by atoms with Crippen molar-refractivity contribution in [3.8, 4) is 0 Å². The number of hydrogen-bond donors (Lipinski definition) is 0. The first-order chi connectivity index (χ1) is 33.0. The topological polar surface area (TPSA) is 78.9 Å². The van der Waals surface area contributed by atoms with Crippen LogP contribution in [0.5, 0.6) is 0 Å². The summed E-state index contributed by atoms with van der Waals surface area (Å²) in [6.07, 6.45) is 72.5. The maximum Gasteiger partial charge on any atom is 0.306 e. The zero-order chi connectivity index (χ0) is 48.6. The van der Waals surface area contributed by atoms with E-state index in [0.717, 1.165) is 122 Å². The maximum atomic E-state index is 12.8. The zero-order valence-corrected chi connectivity index (χ0v) is 43.6. The Morgan fingerprint density at radius 1 is 0.299 bits per heavy atom. The van der Waals surface area contributed by atoms with Crippen LogP contribution >= 0.6 is 0 Å². The molecule has 0 saturated carbocycles. The molecule has 0 spiro atoms. The molecule has 0 amide bonds. The first-order valence-corrected chi connectivity index (χ1v) is 27.7. The SMILES string of the molecule is CCCC/C=C\CCCCCCCC(=O)OC[C@H](COC(=O)CCCCC/C=C\C/C=C\C/C=C\C/C=C\CCCCC)OC(=O)CCCCCCCC/C=C\C/C=C\C/C=C\CCCCC. The van der Waals surface area contributed by atoms with Crippen LogP contribution in [0.4, 0.5) is 0 Å². The Hall–Kier alpha value is -3.67. The van der Waals surface area contributed by atoms with Crippen molar-refractivity contribution in [2.75, 3.05) is 13.2 Å². The number of unbranched alkanes of at least 4 members (excludes halogenated alkanes) is 22. The van der Waals surface area contributed by atoms with Crippen molar-refractivity contribution in [3.63, 3.8) is 0 Å². The molecule has 382 valence electrons. The number of carbonyl (C=O) groups excluding carboxylic acids is 3. The smallest absolute Gasteiger partial charge is 0.306 e. The minimum Gasteiger partial charge on any atom is -0.462 e. The zero-order valence-electron chi connectivity index (χ0n) is 43.6. The lowest BCUT2D eigenvalue weighted by molar-refractivity contribution is -0.167. The van der Waals surface area contributed by atoms with E-state index in [1.807, 2.05) is 0 Å². The second-order valence-electron chi connectivity index (χ2n) is 18.1. The van der Waals surface area contributed by atoms with Crippen LogP contribution in [0.25, 0.3) is 0 Å². The molecule has 0 radical (unpaired) electrons. The van der Waals surface area contributed by atoms with Crippen molar-refractivity contribution in [3.05, 3.63) is 97.2 Å². The Balaban J connectivity index is 4.45. The lowest BCUT2D eigenvalue weighted by Crippen LogP contribution is -2.30. The standard InChI is InChI=1S/C61H102O6/c1-4-7-10-13-16-19-22-24-26-28-30-32-34-36-39-42-45-48-51-54-60(63)66-57-58(56-65-59(62)53-50-47-44-41-38-21-18-15-12-9-6-3)67-61(64)55-52-49-46-43-40-37-35-33-31-29-27-25-23-20-17-14-11-8-5-2/h15-20,24-27,30-33,36,39,58H,4-14,21-23,28-29,34-35,37-38,40-57H2,1-3H3/b18-15-,19-16-,20-17-,26-24-,27-25-,32-30-,33-31-,39-36-/t58-/m1/s1. The van der Waals surface area contributed by atoms with Crippen molar-refractivity contribution in [1.29, 1.82) is 0 Å². The summed E-state index contributed by atoms with van der Waals surface area (Å²) in [5.74, 6) is -0.953. The molecule has 0 heterocycles. The lowest BCUT2D eigenvalue weighted by Gasteiger charge is -2.18. The van der Waals surface area contributed by atoms with Gasteiger partial charge in [-0.25, -0.2) is 0 Å². The third-order valence-electron chi connectivity index (χ3n) is 11.5. The molecule has 0 rings (SSSR count). The molecular formula is C61H102O6. The Morgan fingerprint density at radius 2 is 0.552 bits per heavy atom. The summed E-state index contributed by atoms with van der Waals surface area (Å²) in [5, 5.41) is 0. The van der Waals surface area contributed by atoms with Gasteiger partial charge in [0.2, 0.25) is 0 Å². The third-order valence-corrected chi connectivity index (χ3v) is 11.5. The Bertz CT molecular complexity index is 1350. The average molecular weight is 931 g/mol. The highest BCUT2D eigenvalue weighted by atomic mass is 16.6. The van der Waals surface area contributed by atoms with E-state index in [-0.39, 0.29) is 31.1 Å². The largest absolute Gasteiger partial charge is 0.462 e. The summed E-state index contributed by atoms with van der Waals surface area (Å²) in [6.45, 7) is 6.50. The van der Waals surface area contributed by atoms with Crippen molar-refractivity contribution in [2.45, 2.75) is 258 Å². The molecule has 0 aliphatic heterocycles. The van der Waals surface area contributed by atoms with Crippen LogP contribution in [0.1, 0.15) is 252 Å². The summed E-state index contributed by atoms with van der Waals surface area (Å²) in [5.41, 5.74) is 0. The van der Waals surface area contributed by atoms with Crippen molar-refractivity contribution in [2.24, 2.45) is 0 Å². The van der Waals surface area contributed by atoms with Crippen LogP contribution in [-0.2, 0) is 28.6 Å². The van der Waals surface area contributed by atoms with E-state index in [4.69, 9.17) is 14.2 Å². The summed E-state index contributed by atoms with van der Waals surface area (Å²) >= 11 is 0. The van der Waals surface area contributed by atoms with Crippen LogP contribution < -0.4 is 0 Å². The average Bonchev–Trinajstić information content (AvgIpc) is 3.33. The highest BCUT2D eigenvalue weighted by Gasteiger charge is 2.19. The predicted molar refractivity (Wildman–Crippen MR) is 288 cm³/mol. The quantitative estimate of drug-likeness (QED) is 0.0262. The Morgan fingerprint density at radius 3 is 0.910 bits per heavy atom. The summed E-state index contributed by atoms with van der Waals surface area (Å²) < 4.78 is 16.8. The highest BCUT2D eigenvalue weighted by molar-refractivity contribution is 5.71. The molecule has 0 aromatic carbocycles. The van der Waals surface area contributed by atoms with E-state index < -0.39 is 6.10 Å². The molecule has 6 nitrogen and oxygen atoms in total. The van der Waals surface area contributed by atoms with Crippen molar-refractivity contribution in [1.82, 2.24) is 0 Å². The number of carbonyl (C=O) groups is 3. The van der Waals surface area contributed by atoms with E-state index in [2.05, 4.69) is 118 Å². The van der Waals surface area contributed by atoms with E-state index in [1.165, 1.54) is 89.9 Å². The third kappa shape index (κ3) is 53.2. The van der Waals surface area contributed by atoms with Crippen molar-refractivity contribution < 1.29 is 28.6 Å². The van der Waals surface area contributed by atoms with Gasteiger partial charge in [0.1, 0.15) is 13.2 Å². The van der Waals surface area contributed by atoms with Gasteiger partial charge in [-0.3, -0.25) is 14.4 Å². The molecular weight excluding hydrogens is 829 g/mol. The van der Waals surface area contributed by atoms with Gasteiger partial charge in [0.15, 0.2) is 6.10 Å². The molecule has 1 atom stereocenters. The van der Waals surface area contributed by atoms with Crippen LogP contribution in [-0.4, -0.2) is 37.2 Å². The fourth-order valence-corrected chi connectivity index (χ4v) is 7.29. The van der Waals surface area contributed by atoms with Crippen LogP contribution in [0.15, 0.2) is 97.2 Å². The van der Waals surface area contributed by atoms with Gasteiger partial charge in [-0.05, 0) is 122 Å². The first kappa shape index (κ1) is 63.3. The maximum absolute atomic E-state index is 12.8. The van der Waals surface area contributed by atoms with Gasteiger partial charge in [0, 0.05) is 19.3 Å². The molecule has 0 aliphatic carbocycles. The first-order valence-electron chi connectivity index (χ1n) is 27.7. The predicted octanol–water partition coefficient (Wildman–Crippen LogP) is 18.5. The van der Waals surface area contributed by atoms with E-state index >= 15 is 0 Å². The summed E-state index contributed by atoms with van der Waals surface area (Å²) in [4.78, 5) is 38.1. The fraction of sp³-hybridized carbons (Fsp3) is 0.689. The molecule has 0 N–H and O–H groups in total. The molecule has 0 aromatic rings. The van der Waals surface area contributed by atoms with Gasteiger partial charge in [0.05, 0.1) is 0 Å². The number of hydrogen-bond acceptors (Lipinski definition) is 6. The molecule has 0 fully saturated rings. The molecule has 6 heteroatoms. The molecule has 0 bridgehead atoms. The lowest BCUT2D eigenvalue weighted by atomic mass is 10.1. The van der Waals surface area contributed by atoms with Gasteiger partial charge in [0.25, 0.3) is 0 Å². The molecule has 0 aromatic heterocycles. The van der Waals surface area contributed by atoms with Gasteiger partial charge in [-0.15, -0.1) is 0 Å². The monoisotopic (exact) mass is 931 g/mol. The van der Waals surface area contributed by atoms with Gasteiger partial charge >= 0.3 is 17.9 Å². The molecule has 0 saturated heterocycles. The molecule has 0 aliphatic rings. The summed E-state index contributed by atoms with van der Waals surface area (Å²) in [6, 6.07) is 0. The minimum atomic E-state index is -0.802. The minimum absolute atomic E-state index is 0.0986. The van der Waals surface area contributed by atoms with Crippen LogP contribution in [0.3, 0.4) is 0 Å². The van der Waals surface area contributed by atoms with Gasteiger partial charge in [-0.2, -0.15) is 0 Å². The van der Waals surface area contributed by atoms with Crippen molar-refractivity contribution >= 4 is 17.9 Å². The Labute approximate surface area is 413 Å². The molecule has 67 heavy (non-hydrogen) atoms. The molecule has 0 unspecified atom stereocenters. The number of esters is 3. The van der Waals surface area contributed by atoms with E-state index in [0.29, 0.717) is 19.3 Å². The number of allylic oxidation sites excluding steroid dienone is 16. The fourth-order valence-electron chi connectivity index (χ4n) is 7.29. The Kier molecular flexibility index (Phi) is 51.9. The normalized spacial score (nSPS) is 12.8. The van der Waals surface area contributed by atoms with Gasteiger partial charge in [-0.1, -0.05) is 208 Å². The second-order valence-corrected chi connectivity index (χ2v) is 18.1. The van der Waals surface area contributed by atoms with Crippen LogP contribution in [0.2, 0.25) is 0 Å². The summed E-state index contributed by atoms with van der Waals surface area (Å²) in [7, 11) is 0. The number of ether oxygens (including phenoxy) is 3. The highest BCUT2D eigenvalue weighted by Crippen LogP contribution is 2.13. The van der Waals surface area contributed by atoms with Gasteiger partial charge < -0.3 is 14.2 Å². The number of rotatable bonds is 49. The van der Waals surface area contributed by atoms with E-state index in [9.17, 15) is 14.4 Å². The van der Waals surface area contributed by atoms with Crippen LogP contribution in [0, 0.1) is 0 Å². The van der Waals surface area contributed by atoms with E-state index in [1.54, 1.807) is 0 Å².